The number of carbonyl (C=O) groups is 3. The maximum absolute atomic E-state index is 13.2. The number of nitrogens with zero attached hydrogens (tertiary/aromatic N) is 1. The Labute approximate surface area is 178 Å². The topological polar surface area (TPSA) is 66.5 Å². The van der Waals surface area contributed by atoms with Crippen molar-refractivity contribution in [1.82, 2.24) is 0 Å². The number of nitrogens with one attached hydrogen (secondary N) is 1. The van der Waals surface area contributed by atoms with Crippen molar-refractivity contribution in [3.05, 3.63) is 71.3 Å². The Balaban J connectivity index is 1.23. The minimum atomic E-state index is -0.279. The van der Waals surface area contributed by atoms with E-state index in [4.69, 9.17) is 11.6 Å². The van der Waals surface area contributed by atoms with Crippen LogP contribution in [0.2, 0.25) is 5.02 Å². The van der Waals surface area contributed by atoms with E-state index >= 15 is 0 Å². The zero-order valence-electron chi connectivity index (χ0n) is 16.0. The zero-order chi connectivity index (χ0) is 20.6. The minimum absolute atomic E-state index is 0.0918. The predicted molar refractivity (Wildman–Crippen MR) is 113 cm³/mol. The zero-order valence-corrected chi connectivity index (χ0v) is 16.8. The molecule has 1 saturated heterocycles. The van der Waals surface area contributed by atoms with Crippen LogP contribution >= 0.6 is 11.6 Å². The first-order valence-electron chi connectivity index (χ1n) is 10.3. The van der Waals surface area contributed by atoms with Crippen LogP contribution in [0.1, 0.15) is 16.8 Å². The Kier molecular flexibility index (Phi) is 3.75. The van der Waals surface area contributed by atoms with E-state index in [0.717, 1.165) is 6.42 Å². The summed E-state index contributed by atoms with van der Waals surface area (Å²) < 4.78 is 0. The largest absolute Gasteiger partial charge is 0.322 e. The quantitative estimate of drug-likeness (QED) is 0.601. The van der Waals surface area contributed by atoms with Gasteiger partial charge in [0.1, 0.15) is 0 Å². The van der Waals surface area contributed by atoms with E-state index in [1.165, 1.54) is 4.90 Å². The first kappa shape index (κ1) is 17.9. The molecule has 0 radical (unpaired) electrons. The van der Waals surface area contributed by atoms with Crippen molar-refractivity contribution in [2.24, 2.45) is 35.5 Å². The molecule has 0 spiro atoms. The number of rotatable bonds is 3. The molecule has 2 aromatic rings. The van der Waals surface area contributed by atoms with Crippen LogP contribution < -0.4 is 10.2 Å². The second-order valence-electron chi connectivity index (χ2n) is 8.68. The van der Waals surface area contributed by atoms with E-state index in [1.54, 1.807) is 48.5 Å². The summed E-state index contributed by atoms with van der Waals surface area (Å²) in [5, 5.41) is 3.34. The summed E-state index contributed by atoms with van der Waals surface area (Å²) in [7, 11) is 0. The van der Waals surface area contributed by atoms with Gasteiger partial charge in [-0.1, -0.05) is 29.8 Å². The molecule has 3 fully saturated rings. The van der Waals surface area contributed by atoms with Gasteiger partial charge in [-0.05, 0) is 72.6 Å². The van der Waals surface area contributed by atoms with Crippen molar-refractivity contribution in [2.75, 3.05) is 10.2 Å². The van der Waals surface area contributed by atoms with Gasteiger partial charge in [-0.25, -0.2) is 0 Å². The van der Waals surface area contributed by atoms with Crippen molar-refractivity contribution in [3.8, 4) is 0 Å². The Hall–Kier alpha value is -2.92. The number of halogens is 1. The van der Waals surface area contributed by atoms with Crippen molar-refractivity contribution in [3.63, 3.8) is 0 Å². The lowest BCUT2D eigenvalue weighted by Crippen LogP contribution is -2.40. The Morgan fingerprint density at radius 1 is 0.933 bits per heavy atom. The van der Waals surface area contributed by atoms with Gasteiger partial charge in [0.25, 0.3) is 5.91 Å². The van der Waals surface area contributed by atoms with Gasteiger partial charge in [-0.2, -0.15) is 0 Å². The number of hydrogen-bond donors (Lipinski definition) is 1. The Bertz CT molecular complexity index is 1090. The van der Waals surface area contributed by atoms with Gasteiger partial charge in [0.15, 0.2) is 0 Å². The second kappa shape index (κ2) is 6.29. The Morgan fingerprint density at radius 2 is 1.57 bits per heavy atom. The summed E-state index contributed by atoms with van der Waals surface area (Å²) in [4.78, 5) is 40.2. The van der Waals surface area contributed by atoms with Crippen LogP contribution in [0.15, 0.2) is 60.7 Å². The number of amides is 3. The molecular formula is C24H19ClN2O3. The predicted octanol–water partition coefficient (Wildman–Crippen LogP) is 4.15. The van der Waals surface area contributed by atoms with E-state index in [1.807, 2.05) is 0 Å². The molecule has 7 rings (SSSR count). The molecule has 1 heterocycles. The fourth-order valence-electron chi connectivity index (χ4n) is 5.74. The Morgan fingerprint density at radius 3 is 2.17 bits per heavy atom. The molecule has 6 heteroatoms. The van der Waals surface area contributed by atoms with Crippen molar-refractivity contribution in [2.45, 2.75) is 6.42 Å². The van der Waals surface area contributed by atoms with Crippen LogP contribution in [-0.4, -0.2) is 17.7 Å². The highest BCUT2D eigenvalue weighted by molar-refractivity contribution is 6.31. The van der Waals surface area contributed by atoms with Gasteiger partial charge < -0.3 is 5.32 Å². The maximum atomic E-state index is 13.2. The summed E-state index contributed by atoms with van der Waals surface area (Å²) in [6, 6.07) is 13.6. The third kappa shape index (κ3) is 2.51. The molecule has 150 valence electrons. The van der Waals surface area contributed by atoms with Crippen molar-refractivity contribution >= 4 is 40.7 Å². The number of anilines is 2. The standard InChI is InChI=1S/C24H19ClN2O3/c25-13-2-1-3-14(10-13)26-22(28)12-4-6-15(7-5-12)27-23(29)20-16-8-9-17(19-11-18(16)19)21(20)24(27)30/h1-10,16-21H,11H2,(H,26,28). The fourth-order valence-corrected chi connectivity index (χ4v) is 5.93. The van der Waals surface area contributed by atoms with Crippen LogP contribution in [0.4, 0.5) is 11.4 Å². The molecule has 4 aliphatic carbocycles. The second-order valence-corrected chi connectivity index (χ2v) is 9.11. The molecule has 5 nitrogen and oxygen atoms in total. The van der Waals surface area contributed by atoms with E-state index in [-0.39, 0.29) is 41.4 Å². The van der Waals surface area contributed by atoms with E-state index < -0.39 is 0 Å². The lowest BCUT2D eigenvalue weighted by molar-refractivity contribution is -0.124. The van der Waals surface area contributed by atoms with Crippen LogP contribution in [0.25, 0.3) is 0 Å². The number of carbonyl (C=O) groups excluding carboxylic acids is 3. The molecule has 2 aromatic carbocycles. The fraction of sp³-hybridized carbons (Fsp3) is 0.292. The van der Waals surface area contributed by atoms with Gasteiger partial charge in [0.05, 0.1) is 17.5 Å². The van der Waals surface area contributed by atoms with Crippen molar-refractivity contribution in [1.29, 1.82) is 0 Å². The van der Waals surface area contributed by atoms with Crippen molar-refractivity contribution < 1.29 is 14.4 Å². The molecule has 30 heavy (non-hydrogen) atoms. The van der Waals surface area contributed by atoms with Crippen LogP contribution in [-0.2, 0) is 9.59 Å². The highest BCUT2D eigenvalue weighted by Crippen LogP contribution is 2.65. The van der Waals surface area contributed by atoms with Gasteiger partial charge in [0.2, 0.25) is 11.8 Å². The number of benzene rings is 2. The summed E-state index contributed by atoms with van der Waals surface area (Å²) in [5.74, 6) is 0.661. The maximum Gasteiger partial charge on any atom is 0.255 e. The van der Waals surface area contributed by atoms with Gasteiger partial charge in [0, 0.05) is 16.3 Å². The highest BCUT2D eigenvalue weighted by atomic mass is 35.5. The molecular weight excluding hydrogens is 400 g/mol. The van der Waals surface area contributed by atoms with Crippen LogP contribution in [0.3, 0.4) is 0 Å². The first-order chi connectivity index (χ1) is 14.5. The number of allylic oxidation sites excluding steroid dienone is 2. The minimum Gasteiger partial charge on any atom is -0.322 e. The SMILES string of the molecule is O=C(Nc1cccc(Cl)c1)c1ccc(N2C(=O)C3C4C=CC(C5CC45)C3C2=O)cc1. The molecule has 2 saturated carbocycles. The summed E-state index contributed by atoms with van der Waals surface area (Å²) in [6.07, 6.45) is 5.47. The first-order valence-corrected chi connectivity index (χ1v) is 10.6. The lowest BCUT2D eigenvalue weighted by atomic mass is 9.63. The van der Waals surface area contributed by atoms with Gasteiger partial charge in [-0.3, -0.25) is 19.3 Å². The molecule has 2 bridgehead atoms. The highest BCUT2D eigenvalue weighted by Gasteiger charge is 2.67. The monoisotopic (exact) mass is 418 g/mol. The number of hydrogen-bond acceptors (Lipinski definition) is 3. The molecule has 6 unspecified atom stereocenters. The normalized spacial score (nSPS) is 32.8. The molecule has 3 amide bonds. The van der Waals surface area contributed by atoms with Crippen LogP contribution in [0.5, 0.6) is 0 Å². The third-order valence-corrected chi connectivity index (χ3v) is 7.37. The molecule has 0 aromatic heterocycles. The van der Waals surface area contributed by atoms with E-state index in [0.29, 0.717) is 33.8 Å². The van der Waals surface area contributed by atoms with Gasteiger partial charge >= 0.3 is 0 Å². The average Bonchev–Trinajstić information content (AvgIpc) is 3.52. The van der Waals surface area contributed by atoms with Crippen LogP contribution in [0, 0.1) is 35.5 Å². The summed E-state index contributed by atoms with van der Waals surface area (Å²) >= 11 is 5.96. The van der Waals surface area contributed by atoms with Gasteiger partial charge in [-0.15, -0.1) is 0 Å². The molecule has 1 N–H and O–H groups in total. The molecule has 5 aliphatic rings. The average molecular weight is 419 g/mol. The van der Waals surface area contributed by atoms with E-state index in [2.05, 4.69) is 17.5 Å². The molecule has 6 atom stereocenters. The lowest BCUT2D eigenvalue weighted by Gasteiger charge is -2.37. The molecule has 1 aliphatic heterocycles. The third-order valence-electron chi connectivity index (χ3n) is 7.13. The number of imide groups is 1. The summed E-state index contributed by atoms with van der Waals surface area (Å²) in [6.45, 7) is 0. The van der Waals surface area contributed by atoms with E-state index in [9.17, 15) is 14.4 Å². The smallest absolute Gasteiger partial charge is 0.255 e. The summed E-state index contributed by atoms with van der Waals surface area (Å²) in [5.41, 5.74) is 1.58.